The molecule has 0 bridgehead atoms. The maximum absolute atomic E-state index is 11.9. The first-order chi connectivity index (χ1) is 12.5. The summed E-state index contributed by atoms with van der Waals surface area (Å²) in [4.78, 5) is 18.7. The predicted octanol–water partition coefficient (Wildman–Crippen LogP) is 1.04. The second-order valence-corrected chi connectivity index (χ2v) is 7.11. The molecular formula is C15H18N8O2S. The molecule has 3 aromatic rings. The Labute approximate surface area is 150 Å². The standard InChI is InChI=1S/C15H18N8O2S/c1-11-2-3-17-13(6-11)23-14-7-12(19-10-20-14)18-4-5-22-26(24,25)15-8-16-9-21-15/h2-3,6-10,22H,4-5H2,1H3,(H,16,21)(H2,17,18,19,20,23). The zero-order valence-corrected chi connectivity index (χ0v) is 14.8. The first kappa shape index (κ1) is 17.8. The van der Waals surface area contributed by atoms with E-state index in [0.717, 1.165) is 5.56 Å². The molecule has 0 fully saturated rings. The number of hydrogen-bond donors (Lipinski definition) is 4. The lowest BCUT2D eigenvalue weighted by atomic mass is 10.3. The van der Waals surface area contributed by atoms with Gasteiger partial charge < -0.3 is 15.6 Å². The summed E-state index contributed by atoms with van der Waals surface area (Å²) >= 11 is 0. The lowest BCUT2D eigenvalue weighted by Gasteiger charge is -2.09. The number of nitrogens with zero attached hydrogens (tertiary/aromatic N) is 4. The van der Waals surface area contributed by atoms with Crippen LogP contribution in [-0.4, -0.2) is 46.4 Å². The molecule has 4 N–H and O–H groups in total. The van der Waals surface area contributed by atoms with E-state index in [1.165, 1.54) is 18.9 Å². The number of aromatic nitrogens is 5. The van der Waals surface area contributed by atoms with Crippen molar-refractivity contribution in [3.8, 4) is 0 Å². The van der Waals surface area contributed by atoms with Crippen LogP contribution in [0, 0.1) is 6.92 Å². The number of hydrogen-bond acceptors (Lipinski definition) is 8. The van der Waals surface area contributed by atoms with Crippen molar-refractivity contribution in [3.63, 3.8) is 0 Å². The summed E-state index contributed by atoms with van der Waals surface area (Å²) < 4.78 is 26.3. The van der Waals surface area contributed by atoms with Crippen LogP contribution in [0.15, 0.2) is 48.3 Å². The number of rotatable bonds is 8. The van der Waals surface area contributed by atoms with Gasteiger partial charge in [0.2, 0.25) is 0 Å². The van der Waals surface area contributed by atoms with Gasteiger partial charge in [0.05, 0.1) is 12.5 Å². The van der Waals surface area contributed by atoms with Gasteiger partial charge in [0, 0.05) is 25.4 Å². The number of sulfonamides is 1. The van der Waals surface area contributed by atoms with Crippen LogP contribution in [0.5, 0.6) is 0 Å². The molecule has 0 atom stereocenters. The van der Waals surface area contributed by atoms with Crippen LogP contribution in [0.2, 0.25) is 0 Å². The molecule has 0 radical (unpaired) electrons. The quantitative estimate of drug-likeness (QED) is 0.429. The SMILES string of the molecule is Cc1ccnc(Nc2cc(NCCNS(=O)(=O)c3cnc[nH]3)ncn2)c1. The summed E-state index contributed by atoms with van der Waals surface area (Å²) in [5.74, 6) is 1.83. The fourth-order valence-corrected chi connectivity index (χ4v) is 3.04. The molecule has 0 spiro atoms. The Hall–Kier alpha value is -3.05. The van der Waals surface area contributed by atoms with E-state index in [2.05, 4.69) is 40.3 Å². The van der Waals surface area contributed by atoms with Crippen molar-refractivity contribution in [2.24, 2.45) is 0 Å². The Morgan fingerprint density at radius 3 is 2.65 bits per heavy atom. The molecule has 136 valence electrons. The number of pyridine rings is 1. The van der Waals surface area contributed by atoms with Crippen LogP contribution >= 0.6 is 0 Å². The second-order valence-electron chi connectivity index (χ2n) is 5.37. The monoisotopic (exact) mass is 374 g/mol. The van der Waals surface area contributed by atoms with E-state index in [-0.39, 0.29) is 11.6 Å². The van der Waals surface area contributed by atoms with E-state index in [0.29, 0.717) is 24.0 Å². The predicted molar refractivity (Wildman–Crippen MR) is 96.6 cm³/mol. The average Bonchev–Trinajstić information content (AvgIpc) is 3.15. The lowest BCUT2D eigenvalue weighted by molar-refractivity contribution is 0.579. The molecule has 0 aliphatic heterocycles. The molecule has 0 unspecified atom stereocenters. The smallest absolute Gasteiger partial charge is 0.257 e. The van der Waals surface area contributed by atoms with Gasteiger partial charge >= 0.3 is 0 Å². The molecular weight excluding hydrogens is 356 g/mol. The fourth-order valence-electron chi connectivity index (χ4n) is 2.10. The molecule has 0 saturated carbocycles. The van der Waals surface area contributed by atoms with E-state index in [9.17, 15) is 8.42 Å². The van der Waals surface area contributed by atoms with E-state index in [1.54, 1.807) is 12.3 Å². The third-order valence-electron chi connectivity index (χ3n) is 3.32. The minimum atomic E-state index is -3.59. The molecule has 3 aromatic heterocycles. The van der Waals surface area contributed by atoms with E-state index < -0.39 is 10.0 Å². The topological polar surface area (TPSA) is 138 Å². The molecule has 0 aliphatic rings. The lowest BCUT2D eigenvalue weighted by Crippen LogP contribution is -2.29. The third kappa shape index (κ3) is 4.74. The molecule has 10 nitrogen and oxygen atoms in total. The zero-order chi connectivity index (χ0) is 18.4. The minimum Gasteiger partial charge on any atom is -0.369 e. The first-order valence-electron chi connectivity index (χ1n) is 7.76. The van der Waals surface area contributed by atoms with Crippen LogP contribution in [0.1, 0.15) is 5.56 Å². The van der Waals surface area contributed by atoms with Crippen molar-refractivity contribution < 1.29 is 8.42 Å². The molecule has 3 rings (SSSR count). The molecule has 0 saturated heterocycles. The Bertz CT molecular complexity index is 959. The van der Waals surface area contributed by atoms with Gasteiger partial charge in [-0.2, -0.15) is 0 Å². The Morgan fingerprint density at radius 1 is 1.08 bits per heavy atom. The van der Waals surface area contributed by atoms with Gasteiger partial charge in [-0.25, -0.2) is 33.1 Å². The molecule has 0 aromatic carbocycles. The number of aromatic amines is 1. The summed E-state index contributed by atoms with van der Waals surface area (Å²) in [6.07, 6.45) is 5.68. The highest BCUT2D eigenvalue weighted by Crippen LogP contribution is 2.14. The van der Waals surface area contributed by atoms with Crippen molar-refractivity contribution >= 4 is 27.5 Å². The number of anilines is 3. The molecule has 26 heavy (non-hydrogen) atoms. The Balaban J connectivity index is 1.53. The summed E-state index contributed by atoms with van der Waals surface area (Å²) in [5, 5.41) is 6.15. The largest absolute Gasteiger partial charge is 0.369 e. The number of aryl methyl sites for hydroxylation is 1. The van der Waals surface area contributed by atoms with Crippen LogP contribution in [0.3, 0.4) is 0 Å². The fraction of sp³-hybridized carbons (Fsp3) is 0.200. The molecule has 0 amide bonds. The van der Waals surface area contributed by atoms with Gasteiger partial charge in [0.1, 0.15) is 23.8 Å². The van der Waals surface area contributed by atoms with Gasteiger partial charge in [-0.05, 0) is 24.6 Å². The highest BCUT2D eigenvalue weighted by Gasteiger charge is 2.14. The maximum Gasteiger partial charge on any atom is 0.257 e. The third-order valence-corrected chi connectivity index (χ3v) is 4.71. The number of imidazole rings is 1. The van der Waals surface area contributed by atoms with Crippen LogP contribution < -0.4 is 15.4 Å². The molecule has 3 heterocycles. The highest BCUT2D eigenvalue weighted by atomic mass is 32.2. The van der Waals surface area contributed by atoms with Crippen molar-refractivity contribution in [2.45, 2.75) is 11.9 Å². The highest BCUT2D eigenvalue weighted by molar-refractivity contribution is 7.89. The van der Waals surface area contributed by atoms with Crippen molar-refractivity contribution in [2.75, 3.05) is 23.7 Å². The van der Waals surface area contributed by atoms with Crippen LogP contribution in [0.25, 0.3) is 0 Å². The summed E-state index contributed by atoms with van der Waals surface area (Å²) in [6, 6.07) is 5.52. The van der Waals surface area contributed by atoms with E-state index in [1.807, 2.05) is 19.1 Å². The Kier molecular flexibility index (Phi) is 5.39. The average molecular weight is 374 g/mol. The Morgan fingerprint density at radius 2 is 1.88 bits per heavy atom. The van der Waals surface area contributed by atoms with Crippen molar-refractivity contribution in [1.29, 1.82) is 0 Å². The molecule has 11 heteroatoms. The van der Waals surface area contributed by atoms with Gasteiger partial charge in [-0.1, -0.05) is 0 Å². The number of H-pyrrole nitrogens is 1. The molecule has 0 aliphatic carbocycles. The number of nitrogens with one attached hydrogen (secondary N) is 4. The summed E-state index contributed by atoms with van der Waals surface area (Å²) in [6.45, 7) is 2.52. The first-order valence-corrected chi connectivity index (χ1v) is 9.25. The van der Waals surface area contributed by atoms with E-state index >= 15 is 0 Å². The minimum absolute atomic E-state index is 0.0247. The van der Waals surface area contributed by atoms with Gasteiger partial charge in [0.15, 0.2) is 5.03 Å². The van der Waals surface area contributed by atoms with Gasteiger partial charge in [-0.15, -0.1) is 0 Å². The maximum atomic E-state index is 11.9. The normalized spacial score (nSPS) is 11.3. The second kappa shape index (κ2) is 7.89. The van der Waals surface area contributed by atoms with Gasteiger partial charge in [-0.3, -0.25) is 0 Å². The summed E-state index contributed by atoms with van der Waals surface area (Å²) in [7, 11) is -3.59. The van der Waals surface area contributed by atoms with Gasteiger partial charge in [0.25, 0.3) is 10.0 Å². The summed E-state index contributed by atoms with van der Waals surface area (Å²) in [5.41, 5.74) is 1.08. The van der Waals surface area contributed by atoms with Crippen molar-refractivity contribution in [3.05, 3.63) is 48.8 Å². The van der Waals surface area contributed by atoms with Crippen molar-refractivity contribution in [1.82, 2.24) is 29.6 Å². The van der Waals surface area contributed by atoms with Crippen LogP contribution in [-0.2, 0) is 10.0 Å². The zero-order valence-electron chi connectivity index (χ0n) is 14.0. The van der Waals surface area contributed by atoms with Crippen LogP contribution in [0.4, 0.5) is 17.5 Å². The van der Waals surface area contributed by atoms with E-state index in [4.69, 9.17) is 0 Å².